The minimum Gasteiger partial charge on any atom is -0.464 e. The molecule has 2 aromatic carbocycles. The van der Waals surface area contributed by atoms with Crippen LogP contribution in [0.2, 0.25) is 5.02 Å². The third kappa shape index (κ3) is 2.62. The van der Waals surface area contributed by atoms with Crippen LogP contribution in [0.5, 0.6) is 0 Å². The van der Waals surface area contributed by atoms with Crippen molar-refractivity contribution in [2.75, 3.05) is 5.32 Å². The first kappa shape index (κ1) is 12.6. The highest BCUT2D eigenvalue weighted by Gasteiger charge is 2.05. The molecule has 0 amide bonds. The van der Waals surface area contributed by atoms with Crippen LogP contribution in [0.3, 0.4) is 0 Å². The second kappa shape index (κ2) is 5.27. The van der Waals surface area contributed by atoms with Crippen molar-refractivity contribution < 1.29 is 4.42 Å². The lowest BCUT2D eigenvalue weighted by Gasteiger charge is -2.06. The van der Waals surface area contributed by atoms with Gasteiger partial charge >= 0.3 is 0 Å². The summed E-state index contributed by atoms with van der Waals surface area (Å²) in [6, 6.07) is 13.8. The summed E-state index contributed by atoms with van der Waals surface area (Å²) in [5.41, 5.74) is 3.07. The van der Waals surface area contributed by atoms with Gasteiger partial charge in [0.05, 0.1) is 11.3 Å². The summed E-state index contributed by atoms with van der Waals surface area (Å²) in [5, 5.41) is 5.21. The van der Waals surface area contributed by atoms with Gasteiger partial charge in [0, 0.05) is 27.7 Å². The van der Waals surface area contributed by atoms with Gasteiger partial charge in [0.25, 0.3) is 0 Å². The molecule has 4 heteroatoms. The van der Waals surface area contributed by atoms with Gasteiger partial charge < -0.3 is 9.73 Å². The van der Waals surface area contributed by atoms with E-state index in [0.29, 0.717) is 11.6 Å². The van der Waals surface area contributed by atoms with Crippen molar-refractivity contribution in [3.05, 3.63) is 63.8 Å². The fraction of sp³-hybridized carbons (Fsp3) is 0.0667. The van der Waals surface area contributed by atoms with E-state index >= 15 is 0 Å². The fourth-order valence-electron chi connectivity index (χ4n) is 1.97. The summed E-state index contributed by atoms with van der Waals surface area (Å²) >= 11 is 9.38. The van der Waals surface area contributed by atoms with Crippen molar-refractivity contribution in [2.45, 2.75) is 6.54 Å². The number of hydrogen-bond acceptors (Lipinski definition) is 2. The van der Waals surface area contributed by atoms with Crippen molar-refractivity contribution in [3.63, 3.8) is 0 Å². The van der Waals surface area contributed by atoms with E-state index in [-0.39, 0.29) is 0 Å². The summed E-state index contributed by atoms with van der Waals surface area (Å²) in [6.45, 7) is 0.713. The van der Waals surface area contributed by atoms with Crippen molar-refractivity contribution >= 4 is 44.2 Å². The van der Waals surface area contributed by atoms with E-state index in [2.05, 4.69) is 27.3 Å². The molecular formula is C15H11BrClNO. The number of rotatable bonds is 3. The minimum atomic E-state index is 0.708. The van der Waals surface area contributed by atoms with E-state index in [1.54, 1.807) is 6.26 Å². The summed E-state index contributed by atoms with van der Waals surface area (Å²) in [7, 11) is 0. The maximum atomic E-state index is 5.97. The van der Waals surface area contributed by atoms with Crippen LogP contribution < -0.4 is 5.32 Å². The lowest BCUT2D eigenvalue weighted by molar-refractivity contribution is 0.611. The third-order valence-electron chi connectivity index (χ3n) is 2.96. The number of benzene rings is 2. The smallest absolute Gasteiger partial charge is 0.134 e. The Hall–Kier alpha value is -1.45. The van der Waals surface area contributed by atoms with E-state index in [1.165, 1.54) is 0 Å². The molecule has 0 radical (unpaired) electrons. The maximum absolute atomic E-state index is 5.97. The Morgan fingerprint density at radius 2 is 2.00 bits per heavy atom. The van der Waals surface area contributed by atoms with Gasteiger partial charge in [-0.25, -0.2) is 0 Å². The van der Waals surface area contributed by atoms with E-state index in [1.807, 2.05) is 36.4 Å². The lowest BCUT2D eigenvalue weighted by atomic mass is 10.2. The second-order valence-electron chi connectivity index (χ2n) is 4.24. The molecule has 3 rings (SSSR count). The van der Waals surface area contributed by atoms with E-state index in [9.17, 15) is 0 Å². The van der Waals surface area contributed by atoms with E-state index in [4.69, 9.17) is 16.0 Å². The predicted octanol–water partition coefficient (Wildman–Crippen LogP) is 5.46. The van der Waals surface area contributed by atoms with Crippen molar-refractivity contribution in [1.82, 2.24) is 0 Å². The van der Waals surface area contributed by atoms with Gasteiger partial charge in [-0.3, -0.25) is 0 Å². The molecule has 0 saturated heterocycles. The normalized spacial score (nSPS) is 10.8. The number of halogens is 2. The molecule has 0 saturated carbocycles. The van der Waals surface area contributed by atoms with Crippen LogP contribution in [0, 0.1) is 0 Å². The SMILES string of the molecule is Clc1ccc(NCc2coc3ccccc23)cc1Br. The zero-order valence-corrected chi connectivity index (χ0v) is 12.3. The minimum absolute atomic E-state index is 0.708. The van der Waals surface area contributed by atoms with Crippen LogP contribution in [-0.2, 0) is 6.54 Å². The average Bonchev–Trinajstić information content (AvgIpc) is 2.83. The van der Waals surface area contributed by atoms with Crippen LogP contribution in [0.1, 0.15) is 5.56 Å². The summed E-state index contributed by atoms with van der Waals surface area (Å²) in [5.74, 6) is 0. The van der Waals surface area contributed by atoms with Gasteiger partial charge in [-0.2, -0.15) is 0 Å². The Kier molecular flexibility index (Phi) is 3.49. The Balaban J connectivity index is 1.80. The molecule has 0 unspecified atom stereocenters. The highest BCUT2D eigenvalue weighted by atomic mass is 79.9. The highest BCUT2D eigenvalue weighted by molar-refractivity contribution is 9.10. The van der Waals surface area contributed by atoms with Gasteiger partial charge in [-0.05, 0) is 40.2 Å². The highest BCUT2D eigenvalue weighted by Crippen LogP contribution is 2.26. The van der Waals surface area contributed by atoms with Crippen LogP contribution in [0.15, 0.2) is 57.6 Å². The molecule has 3 aromatic rings. The molecule has 96 valence electrons. The Labute approximate surface area is 124 Å². The summed E-state index contributed by atoms with van der Waals surface area (Å²) < 4.78 is 6.40. The summed E-state index contributed by atoms with van der Waals surface area (Å²) in [6.07, 6.45) is 1.79. The number of nitrogens with one attached hydrogen (secondary N) is 1. The standard InChI is InChI=1S/C15H11BrClNO/c16-13-7-11(5-6-14(13)17)18-8-10-9-19-15-4-2-1-3-12(10)15/h1-7,9,18H,8H2. The Morgan fingerprint density at radius 1 is 1.16 bits per heavy atom. The molecule has 2 nitrogen and oxygen atoms in total. The first-order chi connectivity index (χ1) is 9.24. The number of fused-ring (bicyclic) bond motifs is 1. The fourth-order valence-corrected chi connectivity index (χ4v) is 2.47. The van der Waals surface area contributed by atoms with Crippen molar-refractivity contribution in [3.8, 4) is 0 Å². The molecule has 0 aliphatic heterocycles. The molecule has 0 aliphatic carbocycles. The van der Waals surface area contributed by atoms with Gasteiger partial charge in [-0.1, -0.05) is 29.8 Å². The molecule has 19 heavy (non-hydrogen) atoms. The zero-order valence-electron chi connectivity index (χ0n) is 9.99. The molecule has 0 spiro atoms. The van der Waals surface area contributed by atoms with Gasteiger partial charge in [-0.15, -0.1) is 0 Å². The van der Waals surface area contributed by atoms with Crippen molar-refractivity contribution in [1.29, 1.82) is 0 Å². The predicted molar refractivity (Wildman–Crippen MR) is 82.7 cm³/mol. The average molecular weight is 337 g/mol. The topological polar surface area (TPSA) is 25.2 Å². The maximum Gasteiger partial charge on any atom is 0.134 e. The van der Waals surface area contributed by atoms with Crippen LogP contribution in [0.4, 0.5) is 5.69 Å². The molecule has 0 bridgehead atoms. The molecule has 1 N–H and O–H groups in total. The number of hydrogen-bond donors (Lipinski definition) is 1. The third-order valence-corrected chi connectivity index (χ3v) is 4.18. The summed E-state index contributed by atoms with van der Waals surface area (Å²) in [4.78, 5) is 0. The quantitative estimate of drug-likeness (QED) is 0.687. The number of para-hydroxylation sites is 1. The molecular weight excluding hydrogens is 326 g/mol. The monoisotopic (exact) mass is 335 g/mol. The molecule has 1 aromatic heterocycles. The van der Waals surface area contributed by atoms with Crippen LogP contribution in [0.25, 0.3) is 11.0 Å². The Bertz CT molecular complexity index is 723. The van der Waals surface area contributed by atoms with Gasteiger partial charge in [0.2, 0.25) is 0 Å². The first-order valence-electron chi connectivity index (χ1n) is 5.88. The van der Waals surface area contributed by atoms with Crippen molar-refractivity contribution in [2.24, 2.45) is 0 Å². The second-order valence-corrected chi connectivity index (χ2v) is 5.50. The molecule has 1 heterocycles. The first-order valence-corrected chi connectivity index (χ1v) is 7.05. The van der Waals surface area contributed by atoms with Crippen LogP contribution in [-0.4, -0.2) is 0 Å². The number of furan rings is 1. The lowest BCUT2D eigenvalue weighted by Crippen LogP contribution is -1.98. The van der Waals surface area contributed by atoms with Gasteiger partial charge in [0.15, 0.2) is 0 Å². The van der Waals surface area contributed by atoms with E-state index in [0.717, 1.165) is 26.7 Å². The zero-order chi connectivity index (χ0) is 13.2. The molecule has 0 aliphatic rings. The molecule has 0 fully saturated rings. The van der Waals surface area contributed by atoms with E-state index < -0.39 is 0 Å². The van der Waals surface area contributed by atoms with Crippen LogP contribution >= 0.6 is 27.5 Å². The van der Waals surface area contributed by atoms with Gasteiger partial charge in [0.1, 0.15) is 5.58 Å². The largest absolute Gasteiger partial charge is 0.464 e. The molecule has 0 atom stereocenters. The Morgan fingerprint density at radius 3 is 2.84 bits per heavy atom. The number of anilines is 1.